The van der Waals surface area contributed by atoms with E-state index in [-0.39, 0.29) is 17.4 Å². The highest BCUT2D eigenvalue weighted by Gasteiger charge is 2.49. The molecule has 0 saturated carbocycles. The van der Waals surface area contributed by atoms with Gasteiger partial charge in [-0.1, -0.05) is 35.1 Å². The zero-order chi connectivity index (χ0) is 23.9. The van der Waals surface area contributed by atoms with Gasteiger partial charge in [0.05, 0.1) is 13.3 Å². The van der Waals surface area contributed by atoms with Gasteiger partial charge in [0, 0.05) is 37.7 Å². The van der Waals surface area contributed by atoms with Gasteiger partial charge < -0.3 is 14.4 Å². The molecule has 0 radical (unpaired) electrons. The predicted octanol–water partition coefficient (Wildman–Crippen LogP) is 5.14. The van der Waals surface area contributed by atoms with E-state index in [0.717, 1.165) is 17.7 Å². The number of fused-ring (bicyclic) bond motifs is 2. The highest BCUT2D eigenvalue weighted by atomic mass is 35.5. The molecule has 2 aliphatic rings. The number of amides is 3. The molecule has 2 aliphatic heterocycles. The zero-order valence-electron chi connectivity index (χ0n) is 18.7. The number of carbonyl (C=O) groups excluding carboxylic acids is 2. The van der Waals surface area contributed by atoms with E-state index >= 15 is 0 Å². The number of benzene rings is 2. The molecule has 8 nitrogen and oxygen atoms in total. The van der Waals surface area contributed by atoms with Crippen LogP contribution in [-0.2, 0) is 10.2 Å². The number of aromatic nitrogens is 1. The predicted molar refractivity (Wildman–Crippen MR) is 132 cm³/mol. The second-order valence-corrected chi connectivity index (χ2v) is 10.1. The topological polar surface area (TPSA) is 84.0 Å². The lowest BCUT2D eigenvalue weighted by atomic mass is 9.81. The molecule has 10 heteroatoms. The van der Waals surface area contributed by atoms with E-state index in [0.29, 0.717) is 46.4 Å². The second-order valence-electron chi connectivity index (χ2n) is 8.39. The first-order valence-electron chi connectivity index (χ1n) is 10.8. The number of likely N-dealkylation sites (tertiary alicyclic amines) is 1. The fourth-order valence-corrected chi connectivity index (χ4v) is 5.49. The minimum absolute atomic E-state index is 0.0279. The Morgan fingerprint density at radius 3 is 2.65 bits per heavy atom. The average molecular weight is 499 g/mol. The summed E-state index contributed by atoms with van der Waals surface area (Å²) < 4.78 is 12.1. The van der Waals surface area contributed by atoms with Crippen molar-refractivity contribution < 1.29 is 19.1 Å². The van der Waals surface area contributed by atoms with E-state index in [1.165, 1.54) is 17.5 Å². The fourth-order valence-electron chi connectivity index (χ4n) is 4.68. The van der Waals surface area contributed by atoms with Gasteiger partial charge in [-0.2, -0.15) is 0 Å². The van der Waals surface area contributed by atoms with Gasteiger partial charge in [-0.15, -0.1) is 0 Å². The van der Waals surface area contributed by atoms with Crippen molar-refractivity contribution in [2.75, 3.05) is 37.0 Å². The lowest BCUT2D eigenvalue weighted by Gasteiger charge is -2.25. The third-order valence-electron chi connectivity index (χ3n) is 6.32. The Kier molecular flexibility index (Phi) is 5.83. The van der Waals surface area contributed by atoms with Crippen LogP contribution in [0.2, 0.25) is 4.34 Å². The number of halogens is 1. The Labute approximate surface area is 206 Å². The molecule has 1 aromatic heterocycles. The van der Waals surface area contributed by atoms with Crippen molar-refractivity contribution in [3.05, 3.63) is 58.6 Å². The summed E-state index contributed by atoms with van der Waals surface area (Å²) in [6, 6.07) is 12.8. The smallest absolute Gasteiger partial charge is 0.328 e. The number of thiazole rings is 1. The molecule has 0 aliphatic carbocycles. The van der Waals surface area contributed by atoms with Crippen LogP contribution in [-0.4, -0.2) is 48.6 Å². The molecule has 1 N–H and O–H groups in total. The minimum Gasteiger partial charge on any atom is -0.493 e. The van der Waals surface area contributed by atoms with Crippen LogP contribution in [0.4, 0.5) is 15.6 Å². The average Bonchev–Trinajstić information content (AvgIpc) is 3.53. The summed E-state index contributed by atoms with van der Waals surface area (Å²) in [5.41, 5.74) is 1.40. The van der Waals surface area contributed by atoms with Crippen molar-refractivity contribution in [3.8, 4) is 17.2 Å². The van der Waals surface area contributed by atoms with Gasteiger partial charge in [0.1, 0.15) is 10.1 Å². The zero-order valence-corrected chi connectivity index (χ0v) is 20.3. The van der Waals surface area contributed by atoms with Gasteiger partial charge in [-0.3, -0.25) is 15.0 Å². The monoisotopic (exact) mass is 498 g/mol. The maximum atomic E-state index is 13.2. The SMILES string of the molecule is COc1ccccc1Oc1ccc2c(c1)C1(CCN(C(C)=O)C1)CN2C(=O)Nc1ncc(Cl)s1. The van der Waals surface area contributed by atoms with E-state index < -0.39 is 0 Å². The number of para-hydroxylation sites is 2. The lowest BCUT2D eigenvalue weighted by molar-refractivity contribution is -0.127. The lowest BCUT2D eigenvalue weighted by Crippen LogP contribution is -2.41. The second kappa shape index (κ2) is 8.81. The van der Waals surface area contributed by atoms with Gasteiger partial charge in [0.25, 0.3) is 0 Å². The molecule has 5 rings (SSSR count). The Bertz CT molecular complexity index is 1270. The molecule has 176 valence electrons. The van der Waals surface area contributed by atoms with Gasteiger partial charge >= 0.3 is 6.03 Å². The summed E-state index contributed by atoms with van der Waals surface area (Å²) in [5.74, 6) is 1.89. The van der Waals surface area contributed by atoms with Crippen LogP contribution in [0, 0.1) is 0 Å². The molecule has 1 spiro atoms. The molecule has 1 atom stereocenters. The maximum Gasteiger partial charge on any atom is 0.328 e. The van der Waals surface area contributed by atoms with E-state index in [1.54, 1.807) is 18.9 Å². The highest BCUT2D eigenvalue weighted by molar-refractivity contribution is 7.19. The first-order chi connectivity index (χ1) is 16.4. The quantitative estimate of drug-likeness (QED) is 0.538. The summed E-state index contributed by atoms with van der Waals surface area (Å²) >= 11 is 7.17. The van der Waals surface area contributed by atoms with Crippen molar-refractivity contribution in [3.63, 3.8) is 0 Å². The summed E-state index contributed by atoms with van der Waals surface area (Å²) in [6.45, 7) is 3.21. The molecule has 0 bridgehead atoms. The number of ether oxygens (including phenoxy) is 2. The molecular formula is C24H23ClN4O4S. The third kappa shape index (κ3) is 4.05. The van der Waals surface area contributed by atoms with Crippen LogP contribution in [0.3, 0.4) is 0 Å². The largest absolute Gasteiger partial charge is 0.493 e. The molecule has 2 aromatic carbocycles. The summed E-state index contributed by atoms with van der Waals surface area (Å²) in [4.78, 5) is 33.0. The van der Waals surface area contributed by atoms with Crippen LogP contribution in [0.5, 0.6) is 17.2 Å². The van der Waals surface area contributed by atoms with Crippen molar-refractivity contribution in [2.45, 2.75) is 18.8 Å². The Hall–Kier alpha value is -3.30. The number of rotatable bonds is 4. The van der Waals surface area contributed by atoms with Gasteiger partial charge in [-0.05, 0) is 42.3 Å². The number of nitrogens with zero attached hydrogens (tertiary/aromatic N) is 3. The van der Waals surface area contributed by atoms with Gasteiger partial charge in [-0.25, -0.2) is 9.78 Å². The number of carbonyl (C=O) groups is 2. The van der Waals surface area contributed by atoms with E-state index in [4.69, 9.17) is 21.1 Å². The van der Waals surface area contributed by atoms with Gasteiger partial charge in [0.2, 0.25) is 5.91 Å². The van der Waals surface area contributed by atoms with Crippen molar-refractivity contribution in [1.29, 1.82) is 0 Å². The van der Waals surface area contributed by atoms with Crippen LogP contribution >= 0.6 is 22.9 Å². The van der Waals surface area contributed by atoms with Crippen molar-refractivity contribution in [2.24, 2.45) is 0 Å². The van der Waals surface area contributed by atoms with Gasteiger partial charge in [0.15, 0.2) is 16.6 Å². The van der Waals surface area contributed by atoms with E-state index in [9.17, 15) is 9.59 Å². The molecule has 34 heavy (non-hydrogen) atoms. The number of hydrogen-bond acceptors (Lipinski definition) is 6. The minimum atomic E-state index is -0.376. The molecule has 1 fully saturated rings. The molecule has 3 aromatic rings. The number of anilines is 2. The molecule has 1 unspecified atom stereocenters. The first kappa shape index (κ1) is 22.5. The third-order valence-corrected chi connectivity index (χ3v) is 7.35. The summed E-state index contributed by atoms with van der Waals surface area (Å²) in [6.07, 6.45) is 2.26. The molecule has 1 saturated heterocycles. The summed E-state index contributed by atoms with van der Waals surface area (Å²) in [7, 11) is 1.60. The van der Waals surface area contributed by atoms with E-state index in [2.05, 4.69) is 10.3 Å². The van der Waals surface area contributed by atoms with Crippen molar-refractivity contribution in [1.82, 2.24) is 9.88 Å². The summed E-state index contributed by atoms with van der Waals surface area (Å²) in [5, 5.41) is 3.27. The number of nitrogens with one attached hydrogen (secondary N) is 1. The molecular weight excluding hydrogens is 476 g/mol. The number of hydrogen-bond donors (Lipinski definition) is 1. The van der Waals surface area contributed by atoms with Crippen molar-refractivity contribution >= 4 is 45.7 Å². The number of urea groups is 1. The first-order valence-corrected chi connectivity index (χ1v) is 12.0. The Balaban J connectivity index is 1.49. The standard InChI is InChI=1S/C24H23ClN4O4S/c1-15(30)28-10-9-24(13-28)14-29(23(31)27-22-26-12-21(25)34-22)18-8-7-16(11-17(18)24)33-20-6-4-3-5-19(20)32-2/h3-8,11-12H,9-10,13-14H2,1-2H3,(H,26,27,31). The number of methoxy groups -OCH3 is 1. The highest BCUT2D eigenvalue weighted by Crippen LogP contribution is 2.48. The fraction of sp³-hybridized carbons (Fsp3) is 0.292. The Morgan fingerprint density at radius 2 is 1.97 bits per heavy atom. The van der Waals surface area contributed by atoms with Crippen LogP contribution in [0.25, 0.3) is 0 Å². The van der Waals surface area contributed by atoms with E-state index in [1.807, 2.05) is 47.4 Å². The Morgan fingerprint density at radius 1 is 1.18 bits per heavy atom. The van der Waals surface area contributed by atoms with Crippen LogP contribution in [0.1, 0.15) is 18.9 Å². The maximum absolute atomic E-state index is 13.2. The molecule has 3 heterocycles. The van der Waals surface area contributed by atoms with Crippen LogP contribution < -0.4 is 19.7 Å². The normalized spacial score (nSPS) is 18.8. The molecule has 3 amide bonds. The van der Waals surface area contributed by atoms with Crippen LogP contribution in [0.15, 0.2) is 48.7 Å².